The fraction of sp³-hybridized carbons (Fsp3) is 0.412. The van der Waals surface area contributed by atoms with Crippen molar-refractivity contribution in [1.82, 2.24) is 0 Å². The number of aromatic nitrogens is 2. The number of unbranched alkanes of at least 4 members (excludes halogenated alkanes) is 4. The van der Waals surface area contributed by atoms with Crippen LogP contribution in [0.15, 0.2) is 55.0 Å². The molecule has 0 aliphatic carbocycles. The van der Waals surface area contributed by atoms with Gasteiger partial charge in [-0.25, -0.2) is 0 Å². The van der Waals surface area contributed by atoms with Crippen LogP contribution < -0.4 is 43.3 Å². The molecule has 116 valence electrons. The first-order valence-electron chi connectivity index (χ1n) is 7.38. The summed E-state index contributed by atoms with van der Waals surface area (Å²) in [5, 5.41) is 0. The van der Waals surface area contributed by atoms with Gasteiger partial charge in [0, 0.05) is 30.7 Å². The minimum Gasteiger partial charge on any atom is -1.00 e. The van der Waals surface area contributed by atoms with E-state index < -0.39 is 0 Å². The lowest BCUT2D eigenvalue weighted by Gasteiger charge is -1.99. The zero-order valence-corrected chi connectivity index (χ0v) is 15.8. The number of hydrogen-bond donors (Lipinski definition) is 0. The van der Waals surface area contributed by atoms with Crippen molar-refractivity contribution in [2.75, 3.05) is 0 Å². The Hall–Kier alpha value is -0.740. The molecule has 0 aliphatic rings. The van der Waals surface area contributed by atoms with E-state index in [-0.39, 0.29) is 34.0 Å². The second kappa shape index (κ2) is 11.9. The molecule has 0 N–H and O–H groups in total. The van der Waals surface area contributed by atoms with Crippen molar-refractivity contribution < 1.29 is 43.3 Å². The molecule has 2 heterocycles. The quantitative estimate of drug-likeness (QED) is 0.338. The first kappa shape index (κ1) is 20.3. The van der Waals surface area contributed by atoms with Gasteiger partial charge < -0.3 is 34.0 Å². The summed E-state index contributed by atoms with van der Waals surface area (Å²) in [6.07, 6.45) is 14.1. The molecular formula is C17H24Br2N2. The number of halogens is 2. The van der Waals surface area contributed by atoms with E-state index in [0.29, 0.717) is 0 Å². The Morgan fingerprint density at radius 3 is 2.14 bits per heavy atom. The molecular weight excluding hydrogens is 392 g/mol. The fourth-order valence-electron chi connectivity index (χ4n) is 2.34. The molecule has 0 unspecified atom stereocenters. The minimum absolute atomic E-state index is 0. The summed E-state index contributed by atoms with van der Waals surface area (Å²) in [6, 6.07) is 12.6. The summed E-state index contributed by atoms with van der Waals surface area (Å²) in [7, 11) is 0. The number of rotatable bonds is 7. The summed E-state index contributed by atoms with van der Waals surface area (Å²) in [5.74, 6) is 0. The van der Waals surface area contributed by atoms with Crippen molar-refractivity contribution in [1.29, 1.82) is 0 Å². The van der Waals surface area contributed by atoms with E-state index in [4.69, 9.17) is 0 Å². The van der Waals surface area contributed by atoms with E-state index in [0.717, 1.165) is 6.42 Å². The Morgan fingerprint density at radius 2 is 1.43 bits per heavy atom. The predicted molar refractivity (Wildman–Crippen MR) is 76.5 cm³/mol. The van der Waals surface area contributed by atoms with Gasteiger partial charge in [0.15, 0.2) is 0 Å². The maximum atomic E-state index is 2.26. The summed E-state index contributed by atoms with van der Waals surface area (Å²) in [4.78, 5) is 0. The van der Waals surface area contributed by atoms with E-state index >= 15 is 0 Å². The van der Waals surface area contributed by atoms with Gasteiger partial charge in [-0.3, -0.25) is 0 Å². The molecule has 0 bridgehead atoms. The Balaban J connectivity index is 0.00000200. The third-order valence-electron chi connectivity index (χ3n) is 3.41. The number of pyridine rings is 2. The van der Waals surface area contributed by atoms with Crippen LogP contribution in [-0.2, 0) is 6.42 Å². The summed E-state index contributed by atoms with van der Waals surface area (Å²) < 4.78 is 4.35. The van der Waals surface area contributed by atoms with E-state index in [2.05, 4.69) is 65.2 Å². The van der Waals surface area contributed by atoms with E-state index in [1.54, 1.807) is 0 Å². The molecule has 4 heteroatoms. The van der Waals surface area contributed by atoms with E-state index in [9.17, 15) is 0 Å². The summed E-state index contributed by atoms with van der Waals surface area (Å²) in [5.41, 5.74) is 1.37. The molecule has 0 aromatic carbocycles. The average Bonchev–Trinajstić information content (AvgIpc) is 2.48. The van der Waals surface area contributed by atoms with Crippen LogP contribution in [0.2, 0.25) is 0 Å². The van der Waals surface area contributed by atoms with Gasteiger partial charge in [0.1, 0.15) is 0 Å². The zero-order chi connectivity index (χ0) is 13.3. The molecule has 0 aliphatic heterocycles. The molecule has 0 atom stereocenters. The molecule has 2 aromatic heterocycles. The SMILES string of the molecule is CCCCCCCc1cccc[n+]1-[n+]1ccccc1.[Br-].[Br-]. The minimum atomic E-state index is 0. The highest BCUT2D eigenvalue weighted by molar-refractivity contribution is 4.96. The highest BCUT2D eigenvalue weighted by atomic mass is 79.9. The Bertz CT molecular complexity index is 489. The largest absolute Gasteiger partial charge is 1.00 e. The third kappa shape index (κ3) is 6.70. The molecule has 0 saturated carbocycles. The molecule has 0 amide bonds. The summed E-state index contributed by atoms with van der Waals surface area (Å²) >= 11 is 0. The molecule has 0 saturated heterocycles. The van der Waals surface area contributed by atoms with Crippen molar-refractivity contribution in [2.45, 2.75) is 45.4 Å². The topological polar surface area (TPSA) is 7.76 Å². The highest BCUT2D eigenvalue weighted by Crippen LogP contribution is 2.05. The van der Waals surface area contributed by atoms with E-state index in [1.807, 2.05) is 6.07 Å². The Labute approximate surface area is 149 Å². The van der Waals surface area contributed by atoms with Crippen molar-refractivity contribution in [3.8, 4) is 0 Å². The third-order valence-corrected chi connectivity index (χ3v) is 3.41. The van der Waals surface area contributed by atoms with Crippen molar-refractivity contribution in [3.05, 3.63) is 60.7 Å². The van der Waals surface area contributed by atoms with Crippen molar-refractivity contribution in [3.63, 3.8) is 0 Å². The van der Waals surface area contributed by atoms with Gasteiger partial charge in [0.2, 0.25) is 18.6 Å². The maximum Gasteiger partial charge on any atom is 0.253 e. The lowest BCUT2D eigenvalue weighted by molar-refractivity contribution is -1.30. The van der Waals surface area contributed by atoms with Gasteiger partial charge in [-0.05, 0) is 18.6 Å². The maximum absolute atomic E-state index is 2.26. The number of nitrogens with zero attached hydrogens (tertiary/aromatic N) is 2. The fourth-order valence-corrected chi connectivity index (χ4v) is 2.34. The Kier molecular flexibility index (Phi) is 11.5. The van der Waals surface area contributed by atoms with Gasteiger partial charge >= 0.3 is 0 Å². The first-order chi connectivity index (χ1) is 9.42. The summed E-state index contributed by atoms with van der Waals surface area (Å²) in [6.45, 7) is 2.26. The molecule has 0 radical (unpaired) electrons. The standard InChI is InChI=1S/C17H24N2.2BrH/c1-2-3-4-5-7-12-17-13-8-11-16-19(17)18-14-9-6-10-15-18;;/h6,8-11,13-16H,2-5,7,12H2,1H3;2*1H/q+2;;/p-2. The van der Waals surface area contributed by atoms with Crippen LogP contribution in [-0.4, -0.2) is 0 Å². The van der Waals surface area contributed by atoms with Crippen molar-refractivity contribution in [2.24, 2.45) is 0 Å². The molecule has 0 spiro atoms. The Morgan fingerprint density at radius 1 is 0.762 bits per heavy atom. The number of aryl methyl sites for hydroxylation is 1. The van der Waals surface area contributed by atoms with Crippen LogP contribution in [0.1, 0.15) is 44.7 Å². The van der Waals surface area contributed by atoms with Crippen LogP contribution in [0.5, 0.6) is 0 Å². The van der Waals surface area contributed by atoms with Gasteiger partial charge in [-0.1, -0.05) is 32.6 Å². The van der Waals surface area contributed by atoms with Crippen LogP contribution in [0.3, 0.4) is 0 Å². The molecule has 21 heavy (non-hydrogen) atoms. The van der Waals surface area contributed by atoms with Crippen LogP contribution in [0.25, 0.3) is 0 Å². The van der Waals surface area contributed by atoms with Crippen LogP contribution in [0, 0.1) is 0 Å². The van der Waals surface area contributed by atoms with Crippen LogP contribution >= 0.6 is 0 Å². The smallest absolute Gasteiger partial charge is 0.253 e. The van der Waals surface area contributed by atoms with Gasteiger partial charge in [0.05, 0.1) is 9.35 Å². The highest BCUT2D eigenvalue weighted by Gasteiger charge is 2.17. The lowest BCUT2D eigenvalue weighted by Crippen LogP contribution is -3.00. The van der Waals surface area contributed by atoms with Crippen LogP contribution in [0.4, 0.5) is 0 Å². The van der Waals surface area contributed by atoms with Crippen molar-refractivity contribution >= 4 is 0 Å². The second-order valence-electron chi connectivity index (χ2n) is 4.96. The number of hydrogen-bond acceptors (Lipinski definition) is 0. The monoisotopic (exact) mass is 414 g/mol. The van der Waals surface area contributed by atoms with Gasteiger partial charge in [-0.15, -0.1) is 0 Å². The van der Waals surface area contributed by atoms with Gasteiger partial charge in [0.25, 0.3) is 5.69 Å². The normalized spacial score (nSPS) is 9.57. The predicted octanol–water partition coefficient (Wildman–Crippen LogP) is -2.91. The molecule has 2 nitrogen and oxygen atoms in total. The first-order valence-corrected chi connectivity index (χ1v) is 7.38. The average molecular weight is 416 g/mol. The zero-order valence-electron chi connectivity index (χ0n) is 12.6. The molecule has 2 aromatic rings. The molecule has 0 fully saturated rings. The molecule has 2 rings (SSSR count). The second-order valence-corrected chi connectivity index (χ2v) is 4.96. The van der Waals surface area contributed by atoms with E-state index in [1.165, 1.54) is 37.8 Å². The van der Waals surface area contributed by atoms with Gasteiger partial charge in [-0.2, -0.15) is 0 Å². The lowest BCUT2D eigenvalue weighted by atomic mass is 10.1.